The molecule has 1 aromatic heterocycles. The summed E-state index contributed by atoms with van der Waals surface area (Å²) in [7, 11) is 1.80. The summed E-state index contributed by atoms with van der Waals surface area (Å²) < 4.78 is 0. The quantitative estimate of drug-likeness (QED) is 0.769. The van der Waals surface area contributed by atoms with Crippen molar-refractivity contribution in [2.24, 2.45) is 0 Å². The fraction of sp³-hybridized carbons (Fsp3) is 0.333. The van der Waals surface area contributed by atoms with E-state index in [1.165, 1.54) is 0 Å². The molecule has 0 spiro atoms. The van der Waals surface area contributed by atoms with Gasteiger partial charge in [0, 0.05) is 24.2 Å². The molecule has 0 aliphatic rings. The molecule has 0 saturated carbocycles. The molecule has 3 nitrogen and oxygen atoms in total. The van der Waals surface area contributed by atoms with Gasteiger partial charge in [-0.3, -0.25) is 9.78 Å². The Morgan fingerprint density at radius 3 is 2.39 bits per heavy atom. The van der Waals surface area contributed by atoms with E-state index in [0.29, 0.717) is 5.69 Å². The first-order valence-corrected chi connectivity index (χ1v) is 6.02. The van der Waals surface area contributed by atoms with E-state index in [-0.39, 0.29) is 11.4 Å². The van der Waals surface area contributed by atoms with Crippen LogP contribution in [0.1, 0.15) is 31.3 Å². The van der Waals surface area contributed by atoms with Gasteiger partial charge in [-0.1, -0.05) is 24.3 Å². The van der Waals surface area contributed by atoms with Crippen molar-refractivity contribution in [2.45, 2.75) is 26.3 Å². The Kier molecular flexibility index (Phi) is 3.07. The second-order valence-corrected chi connectivity index (χ2v) is 5.45. The summed E-state index contributed by atoms with van der Waals surface area (Å²) in [5, 5.41) is 2.09. The van der Waals surface area contributed by atoms with Gasteiger partial charge in [0.1, 0.15) is 5.69 Å². The number of rotatable bonds is 1. The molecule has 3 heteroatoms. The summed E-state index contributed by atoms with van der Waals surface area (Å²) >= 11 is 0. The van der Waals surface area contributed by atoms with E-state index in [0.717, 1.165) is 10.8 Å². The summed E-state index contributed by atoms with van der Waals surface area (Å²) in [4.78, 5) is 18.3. The van der Waals surface area contributed by atoms with Gasteiger partial charge in [-0.2, -0.15) is 0 Å². The average Bonchev–Trinajstić information content (AvgIpc) is 2.35. The van der Waals surface area contributed by atoms with E-state index in [2.05, 4.69) is 4.98 Å². The van der Waals surface area contributed by atoms with Crippen LogP contribution in [0.25, 0.3) is 10.8 Å². The fourth-order valence-corrected chi connectivity index (χ4v) is 1.68. The third-order valence-electron chi connectivity index (χ3n) is 3.16. The van der Waals surface area contributed by atoms with Crippen LogP contribution in [0, 0.1) is 0 Å². The Labute approximate surface area is 107 Å². The van der Waals surface area contributed by atoms with Gasteiger partial charge in [-0.25, -0.2) is 0 Å². The number of nitrogens with zero attached hydrogens (tertiary/aromatic N) is 2. The minimum Gasteiger partial charge on any atom is -0.336 e. The van der Waals surface area contributed by atoms with E-state index >= 15 is 0 Å². The van der Waals surface area contributed by atoms with E-state index in [4.69, 9.17) is 0 Å². The number of carbonyl (C=O) groups excluding carboxylic acids is 1. The molecule has 1 aromatic carbocycles. The second-order valence-electron chi connectivity index (χ2n) is 5.45. The Balaban J connectivity index is 2.40. The number of carbonyl (C=O) groups is 1. The molecular weight excluding hydrogens is 224 g/mol. The van der Waals surface area contributed by atoms with Crippen molar-refractivity contribution in [2.75, 3.05) is 7.05 Å². The lowest BCUT2D eigenvalue weighted by Gasteiger charge is -2.31. The van der Waals surface area contributed by atoms with Crippen LogP contribution in [0.15, 0.2) is 36.5 Å². The minimum absolute atomic E-state index is 0.0479. The highest BCUT2D eigenvalue weighted by Gasteiger charge is 2.24. The van der Waals surface area contributed by atoms with E-state index in [9.17, 15) is 4.79 Å². The van der Waals surface area contributed by atoms with Crippen LogP contribution in [0.3, 0.4) is 0 Å². The number of benzene rings is 1. The zero-order chi connectivity index (χ0) is 13.3. The van der Waals surface area contributed by atoms with Crippen LogP contribution in [-0.2, 0) is 0 Å². The molecule has 0 fully saturated rings. The fourth-order valence-electron chi connectivity index (χ4n) is 1.68. The van der Waals surface area contributed by atoms with Gasteiger partial charge in [0.05, 0.1) is 0 Å². The highest BCUT2D eigenvalue weighted by molar-refractivity contribution is 5.96. The molecule has 0 aliphatic heterocycles. The molecule has 0 unspecified atom stereocenters. The Morgan fingerprint density at radius 2 is 1.78 bits per heavy atom. The predicted octanol–water partition coefficient (Wildman–Crippen LogP) is 3.11. The van der Waals surface area contributed by atoms with Crippen LogP contribution < -0.4 is 0 Å². The highest BCUT2D eigenvalue weighted by atomic mass is 16.2. The molecule has 2 aromatic rings. The van der Waals surface area contributed by atoms with Gasteiger partial charge < -0.3 is 4.90 Å². The number of pyridine rings is 1. The first kappa shape index (κ1) is 12.6. The molecular formula is C15H18N2O. The Bertz CT molecular complexity index is 584. The van der Waals surface area contributed by atoms with Crippen LogP contribution in [-0.4, -0.2) is 28.4 Å². The number of hydrogen-bond donors (Lipinski definition) is 0. The molecule has 0 bridgehead atoms. The Hall–Kier alpha value is -1.90. The maximum Gasteiger partial charge on any atom is 0.272 e. The van der Waals surface area contributed by atoms with Gasteiger partial charge in [-0.05, 0) is 32.2 Å². The molecule has 0 aliphatic carbocycles. The standard InChI is InChI=1S/C15H18N2O/c1-15(2,3)17(4)14(18)13-9-11-7-5-6-8-12(11)10-16-13/h5-10H,1-4H3. The molecule has 1 heterocycles. The van der Waals surface area contributed by atoms with Crippen molar-refractivity contribution in [1.29, 1.82) is 0 Å². The van der Waals surface area contributed by atoms with Gasteiger partial charge in [0.15, 0.2) is 0 Å². The number of aromatic nitrogens is 1. The van der Waals surface area contributed by atoms with Gasteiger partial charge in [0.2, 0.25) is 0 Å². The molecule has 2 rings (SSSR count). The molecule has 0 atom stereocenters. The van der Waals surface area contributed by atoms with Gasteiger partial charge >= 0.3 is 0 Å². The summed E-state index contributed by atoms with van der Waals surface area (Å²) in [5.74, 6) is -0.0479. The minimum atomic E-state index is -0.204. The van der Waals surface area contributed by atoms with Crippen LogP contribution in [0.5, 0.6) is 0 Å². The number of fused-ring (bicyclic) bond motifs is 1. The molecule has 0 N–H and O–H groups in total. The van der Waals surface area contributed by atoms with Crippen molar-refractivity contribution in [3.8, 4) is 0 Å². The third-order valence-corrected chi connectivity index (χ3v) is 3.16. The SMILES string of the molecule is CN(C(=O)c1cc2ccccc2cn1)C(C)(C)C. The normalized spacial score (nSPS) is 11.6. The van der Waals surface area contributed by atoms with Crippen molar-refractivity contribution in [3.63, 3.8) is 0 Å². The molecule has 94 valence electrons. The predicted molar refractivity (Wildman–Crippen MR) is 73.6 cm³/mol. The first-order valence-electron chi connectivity index (χ1n) is 6.02. The van der Waals surface area contributed by atoms with Gasteiger partial charge in [0.25, 0.3) is 5.91 Å². The smallest absolute Gasteiger partial charge is 0.272 e. The molecule has 1 amide bonds. The van der Waals surface area contributed by atoms with Crippen molar-refractivity contribution >= 4 is 16.7 Å². The lowest BCUT2D eigenvalue weighted by Crippen LogP contribution is -2.42. The summed E-state index contributed by atoms with van der Waals surface area (Å²) in [6, 6.07) is 9.76. The van der Waals surface area contributed by atoms with Crippen molar-refractivity contribution in [3.05, 3.63) is 42.2 Å². The molecule has 18 heavy (non-hydrogen) atoms. The zero-order valence-corrected chi connectivity index (χ0v) is 11.3. The van der Waals surface area contributed by atoms with E-state index in [1.807, 2.05) is 51.1 Å². The number of hydrogen-bond acceptors (Lipinski definition) is 2. The van der Waals surface area contributed by atoms with E-state index in [1.54, 1.807) is 18.1 Å². The van der Waals surface area contributed by atoms with Crippen LogP contribution in [0.4, 0.5) is 0 Å². The van der Waals surface area contributed by atoms with Gasteiger partial charge in [-0.15, -0.1) is 0 Å². The second kappa shape index (κ2) is 4.41. The lowest BCUT2D eigenvalue weighted by molar-refractivity contribution is 0.0650. The molecule has 0 saturated heterocycles. The highest BCUT2D eigenvalue weighted by Crippen LogP contribution is 2.17. The maximum absolute atomic E-state index is 12.3. The van der Waals surface area contributed by atoms with E-state index < -0.39 is 0 Å². The zero-order valence-electron chi connectivity index (χ0n) is 11.3. The van der Waals surface area contributed by atoms with Crippen LogP contribution in [0.2, 0.25) is 0 Å². The first-order chi connectivity index (χ1) is 8.39. The summed E-state index contributed by atoms with van der Waals surface area (Å²) in [6.07, 6.45) is 1.75. The third kappa shape index (κ3) is 2.35. The maximum atomic E-state index is 12.3. The lowest BCUT2D eigenvalue weighted by atomic mass is 10.1. The van der Waals surface area contributed by atoms with Crippen molar-refractivity contribution < 1.29 is 4.79 Å². The summed E-state index contributed by atoms with van der Waals surface area (Å²) in [5.41, 5.74) is 0.288. The largest absolute Gasteiger partial charge is 0.336 e. The monoisotopic (exact) mass is 242 g/mol. The van der Waals surface area contributed by atoms with Crippen LogP contribution >= 0.6 is 0 Å². The molecule has 0 radical (unpaired) electrons. The summed E-state index contributed by atoms with van der Waals surface area (Å²) in [6.45, 7) is 6.02. The number of amides is 1. The topological polar surface area (TPSA) is 33.2 Å². The Morgan fingerprint density at radius 1 is 1.17 bits per heavy atom. The van der Waals surface area contributed by atoms with Crippen molar-refractivity contribution in [1.82, 2.24) is 9.88 Å². The average molecular weight is 242 g/mol.